The molecule has 1 unspecified atom stereocenters. The molecule has 5 nitrogen and oxygen atoms in total. The number of hydrogen-bond acceptors (Lipinski definition) is 4. The maximum absolute atomic E-state index is 13.4. The number of halogens is 1. The largest absolute Gasteiger partial charge is 0.483 e. The van der Waals surface area contributed by atoms with E-state index in [9.17, 15) is 9.18 Å². The number of carbonyl (C=O) groups excluding carboxylic acids is 1. The topological polar surface area (TPSA) is 65.4 Å². The second-order valence-electron chi connectivity index (χ2n) is 9.73. The van der Waals surface area contributed by atoms with Crippen molar-refractivity contribution in [1.82, 2.24) is 0 Å². The summed E-state index contributed by atoms with van der Waals surface area (Å²) in [7, 11) is 0. The molecule has 0 spiro atoms. The van der Waals surface area contributed by atoms with Crippen molar-refractivity contribution in [3.05, 3.63) is 89.8 Å². The van der Waals surface area contributed by atoms with Crippen molar-refractivity contribution in [1.29, 1.82) is 5.41 Å². The molecule has 6 heteroatoms. The molecule has 1 amide bonds. The van der Waals surface area contributed by atoms with E-state index in [1.807, 2.05) is 69.9 Å². The molecule has 1 aliphatic rings. The van der Waals surface area contributed by atoms with Crippen molar-refractivity contribution in [2.45, 2.75) is 46.8 Å². The molecule has 2 atom stereocenters. The van der Waals surface area contributed by atoms with Crippen molar-refractivity contribution in [2.24, 2.45) is 5.41 Å². The maximum atomic E-state index is 13.4. The van der Waals surface area contributed by atoms with Gasteiger partial charge in [0.2, 0.25) is 5.91 Å². The summed E-state index contributed by atoms with van der Waals surface area (Å²) in [5.41, 5.74) is 3.81. The normalized spacial score (nSPS) is 17.9. The van der Waals surface area contributed by atoms with Crippen LogP contribution in [0.3, 0.4) is 0 Å². The number of benzene rings is 2. The van der Waals surface area contributed by atoms with Gasteiger partial charge in [-0.05, 0) is 55.8 Å². The van der Waals surface area contributed by atoms with Gasteiger partial charge >= 0.3 is 0 Å². The summed E-state index contributed by atoms with van der Waals surface area (Å²) in [5, 5.41) is 11.0. The zero-order valence-electron chi connectivity index (χ0n) is 21.1. The van der Waals surface area contributed by atoms with E-state index in [0.717, 1.165) is 22.5 Å². The van der Waals surface area contributed by atoms with Gasteiger partial charge in [0.05, 0.1) is 11.7 Å². The van der Waals surface area contributed by atoms with E-state index in [4.69, 9.17) is 10.1 Å². The highest BCUT2D eigenvalue weighted by Gasteiger charge is 2.43. The maximum Gasteiger partial charge on any atom is 0.232 e. The molecule has 0 fully saturated rings. The number of nitrogens with one attached hydrogen (secondary N) is 2. The number of nitrogens with zero attached hydrogens (tertiary/aromatic N) is 1. The van der Waals surface area contributed by atoms with Gasteiger partial charge in [0, 0.05) is 35.0 Å². The number of carbonyl (C=O) groups is 1. The van der Waals surface area contributed by atoms with Crippen molar-refractivity contribution >= 4 is 23.5 Å². The highest BCUT2D eigenvalue weighted by Crippen LogP contribution is 2.44. The summed E-state index contributed by atoms with van der Waals surface area (Å²) in [6.45, 7) is 13.7. The number of amides is 1. The van der Waals surface area contributed by atoms with Crippen LogP contribution in [0.2, 0.25) is 0 Å². The van der Waals surface area contributed by atoms with E-state index in [0.29, 0.717) is 17.9 Å². The summed E-state index contributed by atoms with van der Waals surface area (Å²) in [6, 6.07) is 11.4. The third-order valence-electron chi connectivity index (χ3n) is 5.86. The zero-order chi connectivity index (χ0) is 25.8. The van der Waals surface area contributed by atoms with E-state index >= 15 is 0 Å². The summed E-state index contributed by atoms with van der Waals surface area (Å²) in [5.74, 6) is 0.283. The molecule has 2 aromatic carbocycles. The molecule has 2 N–H and O–H groups in total. The molecule has 0 radical (unpaired) electrons. The zero-order valence-corrected chi connectivity index (χ0v) is 21.1. The van der Waals surface area contributed by atoms with Crippen LogP contribution in [-0.2, 0) is 4.79 Å². The minimum atomic E-state index is -0.524. The van der Waals surface area contributed by atoms with Crippen LogP contribution in [0.5, 0.6) is 5.75 Å². The average molecular weight is 476 g/mol. The van der Waals surface area contributed by atoms with Crippen molar-refractivity contribution in [3.8, 4) is 5.75 Å². The third kappa shape index (κ3) is 5.88. The van der Waals surface area contributed by atoms with Gasteiger partial charge < -0.3 is 20.4 Å². The van der Waals surface area contributed by atoms with Crippen LogP contribution in [0.4, 0.5) is 15.8 Å². The standard InChI is InChI=1S/C29H34FN3O2/c1-7-9-22(30)10-8-15-32-25-14-12-23(17-21(25)18-31)35-27-20(3)33(28(34)29(4,5)6)26-16-19(2)11-13-24(26)27/h7-14,16-18,20,27,31-32H,1,15H2,2-6H3/b10-8-,22-9+,31-18?/t20?,27-/m0/s1. The van der Waals surface area contributed by atoms with E-state index in [2.05, 4.69) is 11.9 Å². The van der Waals surface area contributed by atoms with Gasteiger partial charge in [-0.1, -0.05) is 51.6 Å². The first-order valence-electron chi connectivity index (χ1n) is 11.7. The Morgan fingerprint density at radius 2 is 2.00 bits per heavy atom. The van der Waals surface area contributed by atoms with Crippen molar-refractivity contribution in [2.75, 3.05) is 16.8 Å². The molecule has 3 rings (SSSR count). The molecule has 1 heterocycles. The molecule has 0 saturated carbocycles. The number of hydrogen-bond donors (Lipinski definition) is 2. The quantitative estimate of drug-likeness (QED) is 0.322. The number of allylic oxidation sites excluding steroid dienone is 4. The molecule has 184 valence electrons. The van der Waals surface area contributed by atoms with Crippen LogP contribution in [-0.4, -0.2) is 24.7 Å². The minimum Gasteiger partial charge on any atom is -0.483 e. The Morgan fingerprint density at radius 3 is 2.66 bits per heavy atom. The van der Waals surface area contributed by atoms with E-state index in [1.54, 1.807) is 12.1 Å². The van der Waals surface area contributed by atoms with Crippen LogP contribution in [0.15, 0.2) is 73.1 Å². The fraction of sp³-hybridized carbons (Fsp3) is 0.310. The van der Waals surface area contributed by atoms with E-state index in [1.165, 1.54) is 24.4 Å². The Morgan fingerprint density at radius 1 is 1.26 bits per heavy atom. The lowest BCUT2D eigenvalue weighted by atomic mass is 9.94. The van der Waals surface area contributed by atoms with Crippen LogP contribution in [0.25, 0.3) is 0 Å². The van der Waals surface area contributed by atoms with Gasteiger partial charge in [-0.25, -0.2) is 4.39 Å². The van der Waals surface area contributed by atoms with Gasteiger partial charge in [0.25, 0.3) is 0 Å². The first-order chi connectivity index (χ1) is 16.6. The van der Waals surface area contributed by atoms with Gasteiger partial charge in [-0.3, -0.25) is 4.79 Å². The number of rotatable bonds is 8. The Labute approximate surface area is 207 Å². The van der Waals surface area contributed by atoms with E-state index in [-0.39, 0.29) is 23.9 Å². The fourth-order valence-corrected chi connectivity index (χ4v) is 4.08. The highest BCUT2D eigenvalue weighted by molar-refractivity contribution is 5.99. The van der Waals surface area contributed by atoms with Crippen LogP contribution in [0, 0.1) is 17.7 Å². The second-order valence-corrected chi connectivity index (χ2v) is 9.73. The number of anilines is 2. The Balaban J connectivity index is 1.83. The number of fused-ring (bicyclic) bond motifs is 1. The number of ether oxygens (including phenoxy) is 1. The Kier molecular flexibility index (Phi) is 7.95. The third-order valence-corrected chi connectivity index (χ3v) is 5.86. The highest BCUT2D eigenvalue weighted by atomic mass is 19.1. The Bertz CT molecular complexity index is 1180. The SMILES string of the molecule is C=C/C=C(F)\C=C/CNc1ccc(O[C@@H]2c3ccc(C)cc3N(C(=O)C(C)(C)C)C2C)cc1C=N. The lowest BCUT2D eigenvalue weighted by Gasteiger charge is -2.31. The van der Waals surface area contributed by atoms with Crippen molar-refractivity contribution in [3.63, 3.8) is 0 Å². The molecular formula is C29H34FN3O2. The van der Waals surface area contributed by atoms with Crippen LogP contribution >= 0.6 is 0 Å². The molecule has 0 aliphatic carbocycles. The second kappa shape index (κ2) is 10.7. The molecule has 0 bridgehead atoms. The first kappa shape index (κ1) is 25.9. The molecule has 0 saturated heterocycles. The van der Waals surface area contributed by atoms with Gasteiger partial charge in [-0.2, -0.15) is 0 Å². The Hall–Kier alpha value is -3.67. The summed E-state index contributed by atoms with van der Waals surface area (Å²) in [6.07, 6.45) is 6.61. The minimum absolute atomic E-state index is 0.0510. The summed E-state index contributed by atoms with van der Waals surface area (Å²) in [4.78, 5) is 15.1. The molecular weight excluding hydrogens is 441 g/mol. The van der Waals surface area contributed by atoms with Gasteiger partial charge in [-0.15, -0.1) is 0 Å². The number of aryl methyl sites for hydroxylation is 1. The van der Waals surface area contributed by atoms with E-state index < -0.39 is 5.41 Å². The van der Waals surface area contributed by atoms with Crippen LogP contribution in [0.1, 0.15) is 50.5 Å². The predicted molar refractivity (Wildman–Crippen MR) is 142 cm³/mol. The summed E-state index contributed by atoms with van der Waals surface area (Å²) < 4.78 is 19.8. The lowest BCUT2D eigenvalue weighted by molar-refractivity contribution is -0.126. The molecule has 2 aromatic rings. The first-order valence-corrected chi connectivity index (χ1v) is 11.7. The predicted octanol–water partition coefficient (Wildman–Crippen LogP) is 6.90. The lowest BCUT2D eigenvalue weighted by Crippen LogP contribution is -2.44. The molecule has 1 aliphatic heterocycles. The smallest absolute Gasteiger partial charge is 0.232 e. The fourth-order valence-electron chi connectivity index (χ4n) is 4.08. The van der Waals surface area contributed by atoms with Gasteiger partial charge in [0.1, 0.15) is 17.7 Å². The molecule has 0 aromatic heterocycles. The van der Waals surface area contributed by atoms with Gasteiger partial charge in [0.15, 0.2) is 0 Å². The summed E-state index contributed by atoms with van der Waals surface area (Å²) >= 11 is 0. The van der Waals surface area contributed by atoms with Crippen molar-refractivity contribution < 1.29 is 13.9 Å². The molecule has 35 heavy (non-hydrogen) atoms. The van der Waals surface area contributed by atoms with Crippen LogP contribution < -0.4 is 15.0 Å². The monoisotopic (exact) mass is 475 g/mol. The average Bonchev–Trinajstić information content (AvgIpc) is 3.06.